The molecule has 3 rings (SSSR count). The molecule has 1 unspecified atom stereocenters. The Balaban J connectivity index is 1.65. The summed E-state index contributed by atoms with van der Waals surface area (Å²) in [4.78, 5) is 12.2. The molecule has 7 heteroatoms. The van der Waals surface area contributed by atoms with Crippen molar-refractivity contribution < 1.29 is 18.7 Å². The van der Waals surface area contributed by atoms with Gasteiger partial charge < -0.3 is 24.5 Å². The summed E-state index contributed by atoms with van der Waals surface area (Å²) in [6.45, 7) is 0.241. The minimum Gasteiger partial charge on any atom is -0.495 e. The fourth-order valence-electron chi connectivity index (χ4n) is 2.59. The Kier molecular flexibility index (Phi) is 5.65. The van der Waals surface area contributed by atoms with Crippen LogP contribution < -0.4 is 15.4 Å². The van der Waals surface area contributed by atoms with E-state index in [0.717, 1.165) is 11.0 Å². The minimum atomic E-state index is -0.408. The highest BCUT2D eigenvalue weighted by atomic mass is 35.5. The molecule has 0 radical (unpaired) electrons. The molecule has 1 heterocycles. The van der Waals surface area contributed by atoms with Gasteiger partial charge in [0.2, 0.25) is 0 Å². The lowest BCUT2D eigenvalue weighted by Crippen LogP contribution is -2.33. The maximum atomic E-state index is 12.2. The van der Waals surface area contributed by atoms with Crippen LogP contribution in [0.3, 0.4) is 0 Å². The summed E-state index contributed by atoms with van der Waals surface area (Å²) in [5.41, 5.74) is 1.26. The van der Waals surface area contributed by atoms with E-state index >= 15 is 0 Å². The van der Waals surface area contributed by atoms with Crippen molar-refractivity contribution in [3.05, 3.63) is 59.3 Å². The van der Waals surface area contributed by atoms with Gasteiger partial charge in [-0.25, -0.2) is 4.79 Å². The fourth-order valence-corrected chi connectivity index (χ4v) is 2.76. The van der Waals surface area contributed by atoms with Crippen LogP contribution in [0.4, 0.5) is 10.5 Å². The van der Waals surface area contributed by atoms with Gasteiger partial charge in [-0.1, -0.05) is 29.8 Å². The number of rotatable bonds is 6. The summed E-state index contributed by atoms with van der Waals surface area (Å²) in [5.74, 6) is 1.17. The van der Waals surface area contributed by atoms with Crippen molar-refractivity contribution in [1.82, 2.24) is 5.32 Å². The second-order valence-electron chi connectivity index (χ2n) is 5.59. The van der Waals surface area contributed by atoms with Crippen molar-refractivity contribution in [2.45, 2.75) is 6.10 Å². The number of hydrogen-bond donors (Lipinski definition) is 2. The van der Waals surface area contributed by atoms with Crippen molar-refractivity contribution in [1.29, 1.82) is 0 Å². The molecule has 0 aliphatic carbocycles. The van der Waals surface area contributed by atoms with Crippen molar-refractivity contribution >= 4 is 34.3 Å². The highest BCUT2D eigenvalue weighted by Crippen LogP contribution is 2.28. The average Bonchev–Trinajstić information content (AvgIpc) is 3.06. The Morgan fingerprint density at radius 1 is 1.19 bits per heavy atom. The van der Waals surface area contributed by atoms with E-state index in [-0.39, 0.29) is 6.54 Å². The summed E-state index contributed by atoms with van der Waals surface area (Å²) < 4.78 is 16.4. The number of para-hydroxylation sites is 1. The molecule has 2 aromatic carbocycles. The highest BCUT2D eigenvalue weighted by molar-refractivity contribution is 6.31. The summed E-state index contributed by atoms with van der Waals surface area (Å²) in [6.07, 6.45) is -0.408. The standard InChI is InChI=1S/C19H19ClN2O4/c1-24-16-8-7-13(20)10-14(16)22-19(23)21-11-18(25-2)17-9-12-5-3-4-6-15(12)26-17/h3-10,18H,11H2,1-2H3,(H2,21,22,23). The zero-order valence-electron chi connectivity index (χ0n) is 14.4. The van der Waals surface area contributed by atoms with E-state index in [0.29, 0.717) is 22.2 Å². The van der Waals surface area contributed by atoms with Crippen molar-refractivity contribution in [2.75, 3.05) is 26.1 Å². The second-order valence-corrected chi connectivity index (χ2v) is 6.03. The first-order valence-corrected chi connectivity index (χ1v) is 8.38. The number of methoxy groups -OCH3 is 2. The molecular weight excluding hydrogens is 356 g/mol. The molecule has 0 fully saturated rings. The van der Waals surface area contributed by atoms with Crippen LogP contribution in [-0.2, 0) is 4.74 Å². The maximum absolute atomic E-state index is 12.2. The Labute approximate surface area is 156 Å². The number of hydrogen-bond acceptors (Lipinski definition) is 4. The predicted octanol–water partition coefficient (Wildman–Crippen LogP) is 4.60. The Morgan fingerprint density at radius 2 is 2.00 bits per heavy atom. The first kappa shape index (κ1) is 18.1. The molecule has 136 valence electrons. The summed E-state index contributed by atoms with van der Waals surface area (Å²) in [6, 6.07) is 14.2. The quantitative estimate of drug-likeness (QED) is 0.661. The van der Waals surface area contributed by atoms with Gasteiger partial charge in [0.15, 0.2) is 0 Å². The van der Waals surface area contributed by atoms with Crippen LogP contribution in [0.15, 0.2) is 52.9 Å². The third-order valence-electron chi connectivity index (χ3n) is 3.90. The molecule has 1 aromatic heterocycles. The zero-order valence-corrected chi connectivity index (χ0v) is 15.2. The van der Waals surface area contributed by atoms with Gasteiger partial charge in [0, 0.05) is 17.5 Å². The smallest absolute Gasteiger partial charge is 0.319 e. The summed E-state index contributed by atoms with van der Waals surface area (Å²) in [7, 11) is 3.09. The van der Waals surface area contributed by atoms with Gasteiger partial charge in [-0.05, 0) is 30.3 Å². The van der Waals surface area contributed by atoms with E-state index in [1.165, 1.54) is 7.11 Å². The molecule has 3 aromatic rings. The van der Waals surface area contributed by atoms with E-state index < -0.39 is 12.1 Å². The number of benzene rings is 2. The van der Waals surface area contributed by atoms with Gasteiger partial charge in [-0.2, -0.15) is 0 Å². The first-order valence-electron chi connectivity index (χ1n) is 8.00. The van der Waals surface area contributed by atoms with Crippen molar-refractivity contribution in [3.8, 4) is 5.75 Å². The van der Waals surface area contributed by atoms with Crippen LogP contribution >= 0.6 is 11.6 Å². The van der Waals surface area contributed by atoms with Gasteiger partial charge >= 0.3 is 6.03 Å². The summed E-state index contributed by atoms with van der Waals surface area (Å²) >= 11 is 5.97. The molecule has 0 bridgehead atoms. The van der Waals surface area contributed by atoms with E-state index in [1.807, 2.05) is 30.3 Å². The lowest BCUT2D eigenvalue weighted by Gasteiger charge is -2.15. The molecule has 0 saturated heterocycles. The monoisotopic (exact) mass is 374 g/mol. The Hall–Kier alpha value is -2.70. The number of furan rings is 1. The third kappa shape index (κ3) is 4.09. The lowest BCUT2D eigenvalue weighted by atomic mass is 10.2. The number of halogens is 1. The van der Waals surface area contributed by atoms with E-state index in [9.17, 15) is 4.79 Å². The number of nitrogens with one attached hydrogen (secondary N) is 2. The fraction of sp³-hybridized carbons (Fsp3) is 0.211. The number of fused-ring (bicyclic) bond motifs is 1. The SMILES string of the molecule is COc1ccc(Cl)cc1NC(=O)NCC(OC)c1cc2ccccc2o1. The molecule has 0 aliphatic heterocycles. The van der Waals surface area contributed by atoms with Gasteiger partial charge in [0.1, 0.15) is 23.2 Å². The minimum absolute atomic E-state index is 0.241. The highest BCUT2D eigenvalue weighted by Gasteiger charge is 2.17. The number of carbonyl (C=O) groups excluding carboxylic acids is 1. The predicted molar refractivity (Wildman–Crippen MR) is 101 cm³/mol. The number of urea groups is 1. The van der Waals surface area contributed by atoms with Gasteiger partial charge in [-0.3, -0.25) is 0 Å². The lowest BCUT2D eigenvalue weighted by molar-refractivity contribution is 0.0870. The molecular formula is C19H19ClN2O4. The molecule has 2 amide bonds. The maximum Gasteiger partial charge on any atom is 0.319 e. The largest absolute Gasteiger partial charge is 0.495 e. The van der Waals surface area contributed by atoms with Crippen LogP contribution in [0.5, 0.6) is 5.75 Å². The van der Waals surface area contributed by atoms with Gasteiger partial charge in [0.25, 0.3) is 0 Å². The third-order valence-corrected chi connectivity index (χ3v) is 4.14. The molecule has 6 nitrogen and oxygen atoms in total. The Bertz CT molecular complexity index is 876. The second kappa shape index (κ2) is 8.12. The van der Waals surface area contributed by atoms with Crippen LogP contribution in [-0.4, -0.2) is 26.8 Å². The molecule has 0 saturated carbocycles. The van der Waals surface area contributed by atoms with Crippen molar-refractivity contribution in [2.24, 2.45) is 0 Å². The van der Waals surface area contributed by atoms with Crippen LogP contribution in [0.2, 0.25) is 5.02 Å². The molecule has 26 heavy (non-hydrogen) atoms. The molecule has 0 spiro atoms. The van der Waals surface area contributed by atoms with Crippen LogP contribution in [0.1, 0.15) is 11.9 Å². The van der Waals surface area contributed by atoms with E-state index in [4.69, 9.17) is 25.5 Å². The van der Waals surface area contributed by atoms with Crippen LogP contribution in [0.25, 0.3) is 11.0 Å². The van der Waals surface area contributed by atoms with Gasteiger partial charge in [-0.15, -0.1) is 0 Å². The number of carbonyl (C=O) groups is 1. The Morgan fingerprint density at radius 3 is 2.73 bits per heavy atom. The van der Waals surface area contributed by atoms with Crippen LogP contribution in [0, 0.1) is 0 Å². The normalized spacial score (nSPS) is 12.0. The molecule has 2 N–H and O–H groups in total. The first-order chi connectivity index (χ1) is 12.6. The van der Waals surface area contributed by atoms with Gasteiger partial charge in [0.05, 0.1) is 19.3 Å². The number of anilines is 1. The topological polar surface area (TPSA) is 72.7 Å². The number of amides is 2. The zero-order chi connectivity index (χ0) is 18.5. The van der Waals surface area contributed by atoms with E-state index in [1.54, 1.807) is 25.3 Å². The van der Waals surface area contributed by atoms with E-state index in [2.05, 4.69) is 10.6 Å². The summed E-state index contributed by atoms with van der Waals surface area (Å²) in [5, 5.41) is 6.96. The average molecular weight is 375 g/mol. The van der Waals surface area contributed by atoms with Crippen molar-refractivity contribution in [3.63, 3.8) is 0 Å². The number of ether oxygens (including phenoxy) is 2. The molecule has 0 aliphatic rings. The molecule has 1 atom stereocenters.